The highest BCUT2D eigenvalue weighted by Crippen LogP contribution is 2.45. The highest BCUT2D eigenvalue weighted by molar-refractivity contribution is 7.87. The standard InChI is InChI=1S/C32H45N5O7S/c1-31(2,3)44-30(41)33-25-15-8-6-4-5-7-14-24-20-32(24,34-27(38)26-16-11-18-37(26)28(25)39)29(40)35-45(42,43)36-19-17-22-12-9-10-13-23(22)21-36/h7,9-10,12-14,24-26H,4-6,8,11,15-21H2,1-3H3,(H,33,41)(H,34,38)(H,35,40)/b14-7-/t24-,25-,26-,32+/m0/s1. The summed E-state index contributed by atoms with van der Waals surface area (Å²) < 4.78 is 35.7. The number of alkyl carbamates (subject to hydrolysis) is 1. The summed E-state index contributed by atoms with van der Waals surface area (Å²) in [6, 6.07) is 5.90. The second-order valence-corrected chi connectivity index (χ2v) is 15.2. The molecule has 5 rings (SSSR count). The van der Waals surface area contributed by atoms with E-state index in [0.29, 0.717) is 38.6 Å². The van der Waals surface area contributed by atoms with Gasteiger partial charge in [-0.3, -0.25) is 14.4 Å². The first-order valence-electron chi connectivity index (χ1n) is 16.0. The number of fused-ring (bicyclic) bond motifs is 3. The summed E-state index contributed by atoms with van der Waals surface area (Å²) in [6.45, 7) is 5.95. The molecule has 0 radical (unpaired) electrons. The number of ether oxygens (including phenoxy) is 1. The minimum atomic E-state index is -4.19. The van der Waals surface area contributed by atoms with E-state index in [9.17, 15) is 27.6 Å². The molecule has 1 aromatic rings. The monoisotopic (exact) mass is 643 g/mol. The van der Waals surface area contributed by atoms with E-state index < -0.39 is 51.3 Å². The van der Waals surface area contributed by atoms with Gasteiger partial charge in [0.25, 0.3) is 5.91 Å². The number of carbonyl (C=O) groups is 4. The Labute approximate surface area is 265 Å². The number of benzene rings is 1. The number of nitrogens with zero attached hydrogens (tertiary/aromatic N) is 2. The molecule has 0 aromatic heterocycles. The molecule has 1 saturated heterocycles. The van der Waals surface area contributed by atoms with Gasteiger partial charge in [-0.05, 0) is 76.8 Å². The molecule has 0 spiro atoms. The van der Waals surface area contributed by atoms with Crippen molar-refractivity contribution in [2.24, 2.45) is 5.92 Å². The molecule has 0 bridgehead atoms. The maximum atomic E-state index is 13.8. The van der Waals surface area contributed by atoms with Crippen LogP contribution in [0.1, 0.15) is 83.3 Å². The van der Waals surface area contributed by atoms with Crippen LogP contribution in [0.3, 0.4) is 0 Å². The van der Waals surface area contributed by atoms with Gasteiger partial charge in [-0.15, -0.1) is 0 Å². The van der Waals surface area contributed by atoms with Gasteiger partial charge >= 0.3 is 16.3 Å². The fourth-order valence-corrected chi connectivity index (χ4v) is 7.68. The third-order valence-electron chi connectivity index (χ3n) is 8.98. The Hall–Kier alpha value is -3.45. The number of hydrogen-bond acceptors (Lipinski definition) is 7. The van der Waals surface area contributed by atoms with Crippen molar-refractivity contribution in [1.29, 1.82) is 0 Å². The zero-order valence-electron chi connectivity index (χ0n) is 26.3. The molecule has 3 heterocycles. The summed E-state index contributed by atoms with van der Waals surface area (Å²) >= 11 is 0. The van der Waals surface area contributed by atoms with Crippen LogP contribution in [0.5, 0.6) is 0 Å². The first-order chi connectivity index (χ1) is 21.3. The Morgan fingerprint density at radius 1 is 1.02 bits per heavy atom. The molecule has 1 saturated carbocycles. The average Bonchev–Trinajstić information content (AvgIpc) is 3.43. The largest absolute Gasteiger partial charge is 0.444 e. The van der Waals surface area contributed by atoms with Gasteiger partial charge in [0.2, 0.25) is 11.8 Å². The molecule has 0 unspecified atom stereocenters. The fraction of sp³-hybridized carbons (Fsp3) is 0.625. The molecule has 13 heteroatoms. The maximum Gasteiger partial charge on any atom is 0.408 e. The second-order valence-electron chi connectivity index (χ2n) is 13.5. The minimum Gasteiger partial charge on any atom is -0.444 e. The topological polar surface area (TPSA) is 154 Å². The number of allylic oxidation sites excluding steroid dienone is 1. The molecule has 3 N–H and O–H groups in total. The molecular weight excluding hydrogens is 598 g/mol. The summed E-state index contributed by atoms with van der Waals surface area (Å²) in [5, 5.41) is 5.58. The van der Waals surface area contributed by atoms with Crippen molar-refractivity contribution in [3.8, 4) is 0 Å². The third-order valence-corrected chi connectivity index (χ3v) is 10.4. The van der Waals surface area contributed by atoms with Crippen LogP contribution in [0.15, 0.2) is 36.4 Å². The summed E-state index contributed by atoms with van der Waals surface area (Å²) in [4.78, 5) is 55.4. The van der Waals surface area contributed by atoms with Gasteiger partial charge in [0.1, 0.15) is 23.2 Å². The van der Waals surface area contributed by atoms with E-state index in [2.05, 4.69) is 15.4 Å². The molecule has 3 aliphatic heterocycles. The lowest BCUT2D eigenvalue weighted by Crippen LogP contribution is -2.59. The lowest BCUT2D eigenvalue weighted by molar-refractivity contribution is -0.141. The SMILES string of the molecule is CC(C)(C)OC(=O)N[C@H]1CCCCC/C=C\[C@H]2C[C@@]2(C(=O)NS(=O)(=O)N2CCc3ccccc3C2)NC(=O)[C@@H]2CCCN2C1=O. The predicted molar refractivity (Wildman–Crippen MR) is 167 cm³/mol. The van der Waals surface area contributed by atoms with Gasteiger partial charge in [-0.25, -0.2) is 9.52 Å². The van der Waals surface area contributed by atoms with Gasteiger partial charge in [0.15, 0.2) is 0 Å². The molecular formula is C32H45N5O7S. The second kappa shape index (κ2) is 13.1. The van der Waals surface area contributed by atoms with Gasteiger partial charge < -0.3 is 20.3 Å². The van der Waals surface area contributed by atoms with Crippen LogP contribution in [0.4, 0.5) is 4.79 Å². The van der Waals surface area contributed by atoms with Crippen LogP contribution >= 0.6 is 0 Å². The van der Waals surface area contributed by atoms with Crippen molar-refractivity contribution in [1.82, 2.24) is 24.6 Å². The molecule has 2 fully saturated rings. The van der Waals surface area contributed by atoms with Crippen LogP contribution in [0.25, 0.3) is 0 Å². The summed E-state index contributed by atoms with van der Waals surface area (Å²) in [5.74, 6) is -2.04. The lowest BCUT2D eigenvalue weighted by atomic mass is 10.0. The number of nitrogens with one attached hydrogen (secondary N) is 3. The van der Waals surface area contributed by atoms with E-state index in [4.69, 9.17) is 4.74 Å². The van der Waals surface area contributed by atoms with Gasteiger partial charge in [-0.2, -0.15) is 12.7 Å². The van der Waals surface area contributed by atoms with Crippen LogP contribution in [0, 0.1) is 5.92 Å². The molecule has 1 aromatic carbocycles. The molecule has 4 aliphatic rings. The molecule has 4 atom stereocenters. The van der Waals surface area contributed by atoms with Gasteiger partial charge in [0.05, 0.1) is 0 Å². The zero-order chi connectivity index (χ0) is 32.4. The van der Waals surface area contributed by atoms with Gasteiger partial charge in [-0.1, -0.05) is 49.3 Å². The summed E-state index contributed by atoms with van der Waals surface area (Å²) in [6.07, 6.45) is 8.38. The summed E-state index contributed by atoms with van der Waals surface area (Å²) in [5.41, 5.74) is -0.217. The fourth-order valence-electron chi connectivity index (χ4n) is 6.49. The van der Waals surface area contributed by atoms with Crippen molar-refractivity contribution < 1.29 is 32.3 Å². The number of carbonyl (C=O) groups excluding carboxylic acids is 4. The van der Waals surface area contributed by atoms with E-state index in [1.807, 2.05) is 36.4 Å². The molecule has 12 nitrogen and oxygen atoms in total. The number of rotatable bonds is 4. The van der Waals surface area contributed by atoms with Crippen LogP contribution in [0.2, 0.25) is 0 Å². The van der Waals surface area contributed by atoms with Crippen molar-refractivity contribution in [2.75, 3.05) is 13.1 Å². The lowest BCUT2D eigenvalue weighted by Gasteiger charge is -2.31. The van der Waals surface area contributed by atoms with E-state index in [1.165, 1.54) is 9.21 Å². The van der Waals surface area contributed by atoms with E-state index in [0.717, 1.165) is 30.4 Å². The Morgan fingerprint density at radius 3 is 2.53 bits per heavy atom. The van der Waals surface area contributed by atoms with Crippen LogP contribution in [-0.2, 0) is 42.3 Å². The normalized spacial score (nSPS) is 28.7. The summed E-state index contributed by atoms with van der Waals surface area (Å²) in [7, 11) is -4.19. The van der Waals surface area contributed by atoms with Crippen molar-refractivity contribution >= 4 is 34.0 Å². The maximum absolute atomic E-state index is 13.8. The highest BCUT2D eigenvalue weighted by Gasteiger charge is 2.61. The van der Waals surface area contributed by atoms with Crippen molar-refractivity contribution in [3.63, 3.8) is 0 Å². The Kier molecular flexibility index (Phi) is 9.60. The van der Waals surface area contributed by atoms with Crippen molar-refractivity contribution in [3.05, 3.63) is 47.5 Å². The molecule has 1 aliphatic carbocycles. The van der Waals surface area contributed by atoms with E-state index in [-0.39, 0.29) is 31.3 Å². The predicted octanol–water partition coefficient (Wildman–Crippen LogP) is 2.69. The Morgan fingerprint density at radius 2 is 1.78 bits per heavy atom. The van der Waals surface area contributed by atoms with Crippen molar-refractivity contribution in [2.45, 2.75) is 108 Å². The number of hydrogen-bond donors (Lipinski definition) is 3. The molecule has 45 heavy (non-hydrogen) atoms. The zero-order valence-corrected chi connectivity index (χ0v) is 27.2. The van der Waals surface area contributed by atoms with Crippen LogP contribution in [-0.4, -0.2) is 77.8 Å². The quantitative estimate of drug-likeness (QED) is 0.427. The Bertz CT molecular complexity index is 1460. The first-order valence-corrected chi connectivity index (χ1v) is 17.4. The smallest absolute Gasteiger partial charge is 0.408 e. The average molecular weight is 644 g/mol. The van der Waals surface area contributed by atoms with Crippen LogP contribution < -0.4 is 15.4 Å². The first kappa shape index (κ1) is 32.9. The molecule has 246 valence electrons. The van der Waals surface area contributed by atoms with E-state index >= 15 is 0 Å². The Balaban J connectivity index is 1.33. The third kappa shape index (κ3) is 7.69. The molecule has 4 amide bonds. The van der Waals surface area contributed by atoms with Gasteiger partial charge in [0, 0.05) is 25.6 Å². The van der Waals surface area contributed by atoms with E-state index in [1.54, 1.807) is 20.8 Å². The highest BCUT2D eigenvalue weighted by atomic mass is 32.2. The minimum absolute atomic E-state index is 0.152. The number of amides is 4.